The lowest BCUT2D eigenvalue weighted by atomic mass is 9.97. The van der Waals surface area contributed by atoms with Crippen molar-refractivity contribution in [2.45, 2.75) is 25.5 Å². The second kappa shape index (κ2) is 7.65. The molecule has 1 fully saturated rings. The van der Waals surface area contributed by atoms with E-state index in [1.165, 1.54) is 18.2 Å². The Kier molecular flexibility index (Phi) is 4.94. The van der Waals surface area contributed by atoms with Gasteiger partial charge in [0, 0.05) is 39.2 Å². The minimum atomic E-state index is -0.561. The number of hydrogen-bond acceptors (Lipinski definition) is 5. The third-order valence-electron chi connectivity index (χ3n) is 5.52. The molecule has 0 spiro atoms. The lowest BCUT2D eigenvalue weighted by Crippen LogP contribution is -2.18. The van der Waals surface area contributed by atoms with Gasteiger partial charge < -0.3 is 10.5 Å². The summed E-state index contributed by atoms with van der Waals surface area (Å²) in [6, 6.07) is 5.41. The molecule has 0 bridgehead atoms. The number of nitrogens with two attached hydrogens (primary N) is 1. The van der Waals surface area contributed by atoms with Gasteiger partial charge in [0.15, 0.2) is 11.6 Å². The minimum Gasteiger partial charge on any atom is -0.398 e. The molecule has 0 saturated carbocycles. The summed E-state index contributed by atoms with van der Waals surface area (Å²) >= 11 is 3.38. The summed E-state index contributed by atoms with van der Waals surface area (Å²) in [6.45, 7) is 0.612. The Hall–Kier alpha value is -2.91. The molecule has 2 aromatic carbocycles. The smallest absolute Gasteiger partial charge is 0.195 e. The molecular formula is C22H17BrF2N4O2. The number of pyridine rings is 1. The molecule has 1 aliphatic heterocycles. The van der Waals surface area contributed by atoms with Gasteiger partial charge in [-0.15, -0.1) is 0 Å². The first-order valence-corrected chi connectivity index (χ1v) is 10.6. The van der Waals surface area contributed by atoms with Crippen molar-refractivity contribution < 1.29 is 18.3 Å². The Morgan fingerprint density at radius 3 is 2.77 bits per heavy atom. The Morgan fingerprint density at radius 2 is 2.00 bits per heavy atom. The molecule has 0 radical (unpaired) electrons. The van der Waals surface area contributed by atoms with Crippen molar-refractivity contribution in [1.82, 2.24) is 14.8 Å². The number of ketones is 1. The van der Waals surface area contributed by atoms with Gasteiger partial charge in [0.05, 0.1) is 17.4 Å². The van der Waals surface area contributed by atoms with Crippen LogP contribution in [0.4, 0.5) is 14.5 Å². The predicted octanol–water partition coefficient (Wildman–Crippen LogP) is 5.14. The van der Waals surface area contributed by atoms with Crippen molar-refractivity contribution in [3.05, 3.63) is 63.9 Å². The maximum absolute atomic E-state index is 14.5. The van der Waals surface area contributed by atoms with Crippen LogP contribution in [0.25, 0.3) is 21.8 Å². The van der Waals surface area contributed by atoms with E-state index in [2.05, 4.69) is 26.0 Å². The van der Waals surface area contributed by atoms with Crippen LogP contribution in [0.15, 0.2) is 41.1 Å². The molecule has 2 aromatic heterocycles. The molecule has 1 saturated heterocycles. The third-order valence-corrected chi connectivity index (χ3v) is 6.12. The highest BCUT2D eigenvalue weighted by atomic mass is 79.9. The van der Waals surface area contributed by atoms with Crippen molar-refractivity contribution in [3.8, 4) is 0 Å². The zero-order valence-electron chi connectivity index (χ0n) is 16.2. The second-order valence-corrected chi connectivity index (χ2v) is 8.34. The van der Waals surface area contributed by atoms with Gasteiger partial charge in [-0.3, -0.25) is 9.78 Å². The van der Waals surface area contributed by atoms with Crippen LogP contribution in [0.5, 0.6) is 0 Å². The molecule has 1 unspecified atom stereocenters. The molecule has 158 valence electrons. The number of nitrogens with zero attached hydrogens (tertiary/aromatic N) is 3. The van der Waals surface area contributed by atoms with Crippen molar-refractivity contribution in [2.24, 2.45) is 0 Å². The minimum absolute atomic E-state index is 0.0890. The average Bonchev–Trinajstić information content (AvgIpc) is 3.23. The second-order valence-electron chi connectivity index (χ2n) is 7.49. The van der Waals surface area contributed by atoms with Crippen molar-refractivity contribution in [1.29, 1.82) is 0 Å². The molecular weight excluding hydrogens is 470 g/mol. The fourth-order valence-corrected chi connectivity index (χ4v) is 4.50. The number of fused-ring (bicyclic) bond motifs is 2. The number of benzene rings is 2. The van der Waals surface area contributed by atoms with Crippen LogP contribution in [0, 0.1) is 11.6 Å². The van der Waals surface area contributed by atoms with E-state index in [9.17, 15) is 13.6 Å². The Bertz CT molecular complexity index is 1350. The quantitative estimate of drug-likeness (QED) is 0.320. The normalized spacial score (nSPS) is 16.8. The first kappa shape index (κ1) is 20.0. The van der Waals surface area contributed by atoms with Gasteiger partial charge in [0.1, 0.15) is 17.6 Å². The van der Waals surface area contributed by atoms with E-state index < -0.39 is 17.4 Å². The highest BCUT2D eigenvalue weighted by molar-refractivity contribution is 9.10. The fraction of sp³-hybridized carbons (Fsp3) is 0.227. The number of carbonyl (C=O) groups excluding carboxylic acids is 1. The number of hydrogen-bond donors (Lipinski definition) is 1. The molecule has 2 N–H and O–H groups in total. The van der Waals surface area contributed by atoms with Gasteiger partial charge in [0.25, 0.3) is 0 Å². The van der Waals surface area contributed by atoms with E-state index in [-0.39, 0.29) is 28.6 Å². The van der Waals surface area contributed by atoms with Gasteiger partial charge in [-0.2, -0.15) is 5.10 Å². The monoisotopic (exact) mass is 486 g/mol. The van der Waals surface area contributed by atoms with Gasteiger partial charge in [-0.1, -0.05) is 0 Å². The van der Waals surface area contributed by atoms with E-state index in [0.717, 1.165) is 25.5 Å². The van der Waals surface area contributed by atoms with Crippen LogP contribution in [0.2, 0.25) is 0 Å². The van der Waals surface area contributed by atoms with E-state index in [1.54, 1.807) is 16.9 Å². The van der Waals surface area contributed by atoms with Crippen LogP contribution in [0.3, 0.4) is 0 Å². The van der Waals surface area contributed by atoms with Gasteiger partial charge in [0.2, 0.25) is 0 Å². The first-order chi connectivity index (χ1) is 14.9. The Balaban J connectivity index is 1.66. The zero-order valence-corrected chi connectivity index (χ0v) is 17.8. The SMILES string of the molecule is Nc1c(C(=O)c2ccc(F)c3nn(C4CCCCO4)cc23)cc(Br)c2ncc(F)cc12. The maximum Gasteiger partial charge on any atom is 0.195 e. The number of aromatic nitrogens is 3. The summed E-state index contributed by atoms with van der Waals surface area (Å²) in [6.07, 6.45) is 5.15. The molecule has 31 heavy (non-hydrogen) atoms. The number of ether oxygens (including phenoxy) is 1. The Labute approximate surface area is 184 Å². The van der Waals surface area contributed by atoms with Crippen LogP contribution >= 0.6 is 15.9 Å². The van der Waals surface area contributed by atoms with Crippen molar-refractivity contribution in [2.75, 3.05) is 12.3 Å². The zero-order chi connectivity index (χ0) is 21.7. The number of rotatable bonds is 3. The molecule has 1 aliphatic rings. The van der Waals surface area contributed by atoms with Crippen molar-refractivity contribution >= 4 is 49.2 Å². The number of anilines is 1. The number of halogens is 3. The molecule has 0 amide bonds. The summed E-state index contributed by atoms with van der Waals surface area (Å²) in [7, 11) is 0. The maximum atomic E-state index is 14.5. The third kappa shape index (κ3) is 3.37. The largest absolute Gasteiger partial charge is 0.398 e. The van der Waals surface area contributed by atoms with Gasteiger partial charge >= 0.3 is 0 Å². The van der Waals surface area contributed by atoms with Gasteiger partial charge in [-0.25, -0.2) is 13.5 Å². The summed E-state index contributed by atoms with van der Waals surface area (Å²) in [5, 5.41) is 5.03. The summed E-state index contributed by atoms with van der Waals surface area (Å²) < 4.78 is 36.1. The summed E-state index contributed by atoms with van der Waals surface area (Å²) in [5.74, 6) is -1.51. The standard InChI is InChI=1S/C22H17BrF2N4O2/c23-16-8-14(19(26)13-7-11(24)9-27-20(13)16)22(30)12-4-5-17(25)21-15(12)10-29(28-21)18-3-1-2-6-31-18/h4-5,7-10,18H,1-3,6,26H2. The molecule has 0 aliphatic carbocycles. The molecule has 3 heterocycles. The van der Waals surface area contributed by atoms with E-state index in [1.807, 2.05) is 0 Å². The van der Waals surface area contributed by atoms with Gasteiger partial charge in [-0.05, 0) is 59.5 Å². The highest BCUT2D eigenvalue weighted by Crippen LogP contribution is 2.34. The lowest BCUT2D eigenvalue weighted by molar-refractivity contribution is -0.0391. The van der Waals surface area contributed by atoms with Crippen molar-refractivity contribution in [3.63, 3.8) is 0 Å². The van der Waals surface area contributed by atoms with E-state index in [0.29, 0.717) is 27.4 Å². The summed E-state index contributed by atoms with van der Waals surface area (Å²) in [4.78, 5) is 17.5. The van der Waals surface area contributed by atoms with E-state index >= 15 is 0 Å². The van der Waals surface area contributed by atoms with Crippen LogP contribution in [-0.4, -0.2) is 27.2 Å². The number of carbonyl (C=O) groups is 1. The summed E-state index contributed by atoms with van der Waals surface area (Å²) in [5.41, 5.74) is 7.29. The predicted molar refractivity (Wildman–Crippen MR) is 116 cm³/mol. The van der Waals surface area contributed by atoms with E-state index in [4.69, 9.17) is 10.5 Å². The van der Waals surface area contributed by atoms with Crippen LogP contribution < -0.4 is 5.73 Å². The fourth-order valence-electron chi connectivity index (χ4n) is 3.95. The highest BCUT2D eigenvalue weighted by Gasteiger charge is 2.24. The lowest BCUT2D eigenvalue weighted by Gasteiger charge is -2.22. The van der Waals surface area contributed by atoms with Crippen LogP contribution in [-0.2, 0) is 4.74 Å². The average molecular weight is 487 g/mol. The molecule has 9 heteroatoms. The first-order valence-electron chi connectivity index (χ1n) is 9.81. The molecule has 4 aromatic rings. The molecule has 6 nitrogen and oxygen atoms in total. The van der Waals surface area contributed by atoms with Crippen LogP contribution in [0.1, 0.15) is 41.4 Å². The topological polar surface area (TPSA) is 83.0 Å². The molecule has 1 atom stereocenters. The Morgan fingerprint density at radius 1 is 1.16 bits per heavy atom. The molecule has 5 rings (SSSR count). The number of nitrogen functional groups attached to an aromatic ring is 1.